The molecule has 2 N–H and O–H groups in total. The van der Waals surface area contributed by atoms with Gasteiger partial charge in [-0.2, -0.15) is 11.8 Å². The first kappa shape index (κ1) is 14.9. The van der Waals surface area contributed by atoms with Crippen molar-refractivity contribution in [1.29, 1.82) is 0 Å². The molecule has 1 saturated heterocycles. The highest BCUT2D eigenvalue weighted by Gasteiger charge is 2.41. The van der Waals surface area contributed by atoms with E-state index in [0.717, 1.165) is 44.1 Å². The third-order valence-corrected chi connectivity index (χ3v) is 6.00. The normalized spacial score (nSPS) is 23.9. The summed E-state index contributed by atoms with van der Waals surface area (Å²) in [7, 11) is 0. The molecule has 21 heavy (non-hydrogen) atoms. The number of rotatable bonds is 6. The molecule has 2 fully saturated rings. The van der Waals surface area contributed by atoms with Gasteiger partial charge < -0.3 is 15.3 Å². The van der Waals surface area contributed by atoms with Gasteiger partial charge in [-0.25, -0.2) is 9.97 Å². The highest BCUT2D eigenvalue weighted by Crippen LogP contribution is 2.46. The second-order valence-corrected chi connectivity index (χ2v) is 7.41. The van der Waals surface area contributed by atoms with Gasteiger partial charge in [0.1, 0.15) is 18.0 Å². The lowest BCUT2D eigenvalue weighted by Crippen LogP contribution is -2.37. The fourth-order valence-corrected chi connectivity index (χ4v) is 3.61. The zero-order valence-electron chi connectivity index (χ0n) is 12.6. The van der Waals surface area contributed by atoms with Crippen molar-refractivity contribution in [2.45, 2.75) is 30.4 Å². The molecular formula is C15H24N4OS. The van der Waals surface area contributed by atoms with E-state index in [-0.39, 0.29) is 6.61 Å². The molecule has 1 aliphatic carbocycles. The van der Waals surface area contributed by atoms with Gasteiger partial charge in [0.05, 0.1) is 0 Å². The molecule has 0 amide bonds. The van der Waals surface area contributed by atoms with E-state index < -0.39 is 0 Å². The van der Waals surface area contributed by atoms with E-state index in [0.29, 0.717) is 10.7 Å². The van der Waals surface area contributed by atoms with Gasteiger partial charge in [0.25, 0.3) is 0 Å². The van der Waals surface area contributed by atoms with E-state index in [1.165, 1.54) is 12.8 Å². The quantitative estimate of drug-likeness (QED) is 0.838. The number of aliphatic hydroxyl groups is 1. The Bertz CT molecular complexity index is 480. The molecule has 116 valence electrons. The van der Waals surface area contributed by atoms with Crippen LogP contribution in [-0.4, -0.2) is 52.3 Å². The molecule has 1 atom stereocenters. The minimum Gasteiger partial charge on any atom is -0.396 e. The average Bonchev–Trinajstić information content (AvgIpc) is 3.34. The molecule has 1 unspecified atom stereocenters. The summed E-state index contributed by atoms with van der Waals surface area (Å²) in [6.45, 7) is 3.15. The van der Waals surface area contributed by atoms with E-state index in [1.807, 2.05) is 17.8 Å². The second-order valence-electron chi connectivity index (χ2n) is 6.14. The average molecular weight is 308 g/mol. The Morgan fingerprint density at radius 1 is 1.48 bits per heavy atom. The van der Waals surface area contributed by atoms with Crippen LogP contribution >= 0.6 is 11.8 Å². The van der Waals surface area contributed by atoms with Gasteiger partial charge in [0.2, 0.25) is 0 Å². The van der Waals surface area contributed by atoms with Crippen LogP contribution < -0.4 is 10.2 Å². The second kappa shape index (κ2) is 6.40. The molecule has 1 saturated carbocycles. The molecule has 2 aliphatic rings. The Hall–Kier alpha value is -1.01. The number of nitrogens with one attached hydrogen (secondary N) is 1. The van der Waals surface area contributed by atoms with Crippen LogP contribution in [0.2, 0.25) is 0 Å². The van der Waals surface area contributed by atoms with Crippen molar-refractivity contribution < 1.29 is 5.11 Å². The van der Waals surface area contributed by atoms with Crippen LogP contribution in [0.3, 0.4) is 0 Å². The van der Waals surface area contributed by atoms with Crippen molar-refractivity contribution in [3.63, 3.8) is 0 Å². The first-order chi connectivity index (χ1) is 10.2. The Balaban J connectivity index is 1.62. The summed E-state index contributed by atoms with van der Waals surface area (Å²) in [6, 6.07) is 2.04. The Kier molecular flexibility index (Phi) is 4.54. The lowest BCUT2D eigenvalue weighted by Gasteiger charge is -2.32. The van der Waals surface area contributed by atoms with E-state index in [2.05, 4.69) is 26.4 Å². The molecule has 3 rings (SSSR count). The fourth-order valence-electron chi connectivity index (χ4n) is 2.88. The van der Waals surface area contributed by atoms with Crippen LogP contribution in [0.15, 0.2) is 12.4 Å². The van der Waals surface area contributed by atoms with Gasteiger partial charge in [-0.05, 0) is 37.9 Å². The number of hydrogen-bond acceptors (Lipinski definition) is 6. The van der Waals surface area contributed by atoms with Crippen LogP contribution in [0, 0.1) is 5.92 Å². The van der Waals surface area contributed by atoms with Crippen molar-refractivity contribution in [1.82, 2.24) is 9.97 Å². The SMILES string of the molecule is CSC1(CNc2cc(N3CCCC(CO)C3)ncn2)CC1. The summed E-state index contributed by atoms with van der Waals surface area (Å²) in [5.41, 5.74) is 0. The predicted octanol–water partition coefficient (Wildman–Crippen LogP) is 1.99. The Morgan fingerprint density at radius 2 is 2.33 bits per heavy atom. The van der Waals surface area contributed by atoms with Crippen LogP contribution in [0.5, 0.6) is 0 Å². The summed E-state index contributed by atoms with van der Waals surface area (Å²) in [5.74, 6) is 2.25. The van der Waals surface area contributed by atoms with E-state index >= 15 is 0 Å². The van der Waals surface area contributed by atoms with Gasteiger partial charge in [-0.1, -0.05) is 0 Å². The molecule has 0 aromatic carbocycles. The number of hydrogen-bond donors (Lipinski definition) is 2. The minimum atomic E-state index is 0.267. The summed E-state index contributed by atoms with van der Waals surface area (Å²) >= 11 is 1.95. The van der Waals surface area contributed by atoms with Crippen LogP contribution in [-0.2, 0) is 0 Å². The molecular weight excluding hydrogens is 284 g/mol. The summed E-state index contributed by atoms with van der Waals surface area (Å²) in [4.78, 5) is 11.0. The van der Waals surface area contributed by atoms with Gasteiger partial charge in [0.15, 0.2) is 0 Å². The number of aromatic nitrogens is 2. The van der Waals surface area contributed by atoms with Crippen LogP contribution in [0.1, 0.15) is 25.7 Å². The topological polar surface area (TPSA) is 61.3 Å². The molecule has 0 bridgehead atoms. The molecule has 2 heterocycles. The molecule has 1 aromatic rings. The zero-order valence-corrected chi connectivity index (χ0v) is 13.4. The van der Waals surface area contributed by atoms with Crippen LogP contribution in [0.4, 0.5) is 11.6 Å². The van der Waals surface area contributed by atoms with Gasteiger partial charge in [-0.3, -0.25) is 0 Å². The largest absolute Gasteiger partial charge is 0.396 e. The van der Waals surface area contributed by atoms with Crippen LogP contribution in [0.25, 0.3) is 0 Å². The Morgan fingerprint density at radius 3 is 3.05 bits per heavy atom. The maximum absolute atomic E-state index is 9.34. The monoisotopic (exact) mass is 308 g/mol. The fraction of sp³-hybridized carbons (Fsp3) is 0.733. The summed E-state index contributed by atoms with van der Waals surface area (Å²) in [5, 5.41) is 12.8. The number of piperidine rings is 1. The Labute approximate surface area is 130 Å². The molecule has 6 heteroatoms. The lowest BCUT2D eigenvalue weighted by atomic mass is 9.99. The molecule has 5 nitrogen and oxygen atoms in total. The number of thioether (sulfide) groups is 1. The van der Waals surface area contributed by atoms with E-state index in [1.54, 1.807) is 6.33 Å². The predicted molar refractivity (Wildman–Crippen MR) is 88.0 cm³/mol. The third kappa shape index (κ3) is 3.61. The van der Waals surface area contributed by atoms with E-state index in [4.69, 9.17) is 0 Å². The molecule has 0 radical (unpaired) electrons. The smallest absolute Gasteiger partial charge is 0.134 e. The maximum Gasteiger partial charge on any atom is 0.134 e. The van der Waals surface area contributed by atoms with Gasteiger partial charge in [-0.15, -0.1) is 0 Å². The van der Waals surface area contributed by atoms with Crippen molar-refractivity contribution in [3.8, 4) is 0 Å². The first-order valence-electron chi connectivity index (χ1n) is 7.71. The highest BCUT2D eigenvalue weighted by molar-refractivity contribution is 8.00. The highest BCUT2D eigenvalue weighted by atomic mass is 32.2. The number of nitrogens with zero attached hydrogens (tertiary/aromatic N) is 3. The van der Waals surface area contributed by atoms with E-state index in [9.17, 15) is 5.11 Å². The number of aliphatic hydroxyl groups excluding tert-OH is 1. The van der Waals surface area contributed by atoms with Crippen molar-refractivity contribution >= 4 is 23.4 Å². The third-order valence-electron chi connectivity index (χ3n) is 4.59. The molecule has 1 aliphatic heterocycles. The first-order valence-corrected chi connectivity index (χ1v) is 8.94. The van der Waals surface area contributed by atoms with Gasteiger partial charge >= 0.3 is 0 Å². The number of anilines is 2. The van der Waals surface area contributed by atoms with Gasteiger partial charge in [0, 0.05) is 37.1 Å². The minimum absolute atomic E-state index is 0.267. The lowest BCUT2D eigenvalue weighted by molar-refractivity contribution is 0.208. The van der Waals surface area contributed by atoms with Crippen molar-refractivity contribution in [2.24, 2.45) is 5.92 Å². The van der Waals surface area contributed by atoms with Crippen molar-refractivity contribution in [2.75, 3.05) is 42.7 Å². The van der Waals surface area contributed by atoms with Crippen molar-refractivity contribution in [3.05, 3.63) is 12.4 Å². The molecule has 0 spiro atoms. The molecule has 1 aromatic heterocycles. The summed E-state index contributed by atoms with van der Waals surface area (Å²) < 4.78 is 0.429. The zero-order chi connectivity index (χ0) is 14.7. The summed E-state index contributed by atoms with van der Waals surface area (Å²) in [6.07, 6.45) is 8.64. The maximum atomic E-state index is 9.34. The standard InChI is InChI=1S/C15H24N4OS/c1-21-15(4-5-15)10-16-13-7-14(18-11-17-13)19-6-2-3-12(8-19)9-20/h7,11-12,20H,2-6,8-10H2,1H3,(H,16,17,18).